The zero-order valence-electron chi connectivity index (χ0n) is 12.2. The van der Waals surface area contributed by atoms with Crippen molar-refractivity contribution in [3.63, 3.8) is 0 Å². The highest BCUT2D eigenvalue weighted by Gasteiger charge is 2.39. The first-order valence-electron chi connectivity index (χ1n) is 6.88. The summed E-state index contributed by atoms with van der Waals surface area (Å²) in [5.74, 6) is -0.865. The molecule has 0 aliphatic carbocycles. The standard InChI is InChI=1S/C12H27NO5Si/c1-4-16-19(17-5-2,18-6-3)9-7-8-11(13)10-12(14)15/h11H,4-10,13H2,1-3H3,(H,14,15). The van der Waals surface area contributed by atoms with E-state index in [0.717, 1.165) is 6.42 Å². The molecule has 0 fully saturated rings. The van der Waals surface area contributed by atoms with Gasteiger partial charge in [0.05, 0.1) is 6.42 Å². The van der Waals surface area contributed by atoms with Crippen molar-refractivity contribution in [3.8, 4) is 0 Å². The van der Waals surface area contributed by atoms with Gasteiger partial charge in [0, 0.05) is 31.9 Å². The van der Waals surface area contributed by atoms with Crippen molar-refractivity contribution in [1.82, 2.24) is 0 Å². The van der Waals surface area contributed by atoms with E-state index < -0.39 is 14.8 Å². The Morgan fingerprint density at radius 3 is 2.00 bits per heavy atom. The highest BCUT2D eigenvalue weighted by atomic mass is 28.4. The van der Waals surface area contributed by atoms with E-state index in [0.29, 0.717) is 32.3 Å². The van der Waals surface area contributed by atoms with Gasteiger partial charge in [0.15, 0.2) is 0 Å². The SMILES string of the molecule is CCO[Si](CCCC(N)CC(=O)O)(OCC)OCC. The quantitative estimate of drug-likeness (QED) is 0.531. The summed E-state index contributed by atoms with van der Waals surface area (Å²) >= 11 is 0. The van der Waals surface area contributed by atoms with Crippen LogP contribution in [0.2, 0.25) is 6.04 Å². The van der Waals surface area contributed by atoms with Gasteiger partial charge in [-0.2, -0.15) is 0 Å². The molecule has 0 rings (SSSR count). The zero-order valence-corrected chi connectivity index (χ0v) is 13.2. The van der Waals surface area contributed by atoms with Gasteiger partial charge in [-0.3, -0.25) is 4.79 Å². The molecule has 0 aromatic rings. The second-order valence-corrected chi connectivity index (χ2v) is 6.96. The van der Waals surface area contributed by atoms with E-state index in [1.807, 2.05) is 20.8 Å². The summed E-state index contributed by atoms with van der Waals surface area (Å²) in [5, 5.41) is 8.65. The highest BCUT2D eigenvalue weighted by molar-refractivity contribution is 6.60. The molecule has 0 spiro atoms. The number of carbonyl (C=O) groups is 1. The molecule has 0 saturated carbocycles. The summed E-state index contributed by atoms with van der Waals surface area (Å²) < 4.78 is 17.1. The summed E-state index contributed by atoms with van der Waals surface area (Å²) in [4.78, 5) is 10.5. The molecule has 1 unspecified atom stereocenters. The number of hydrogen-bond acceptors (Lipinski definition) is 5. The van der Waals surface area contributed by atoms with E-state index in [-0.39, 0.29) is 12.5 Å². The normalized spacial score (nSPS) is 13.5. The predicted octanol–water partition coefficient (Wildman–Crippen LogP) is 1.62. The Hall–Kier alpha value is -0.473. The highest BCUT2D eigenvalue weighted by Crippen LogP contribution is 2.20. The lowest BCUT2D eigenvalue weighted by molar-refractivity contribution is -0.137. The minimum Gasteiger partial charge on any atom is -0.481 e. The van der Waals surface area contributed by atoms with Crippen LogP contribution in [0.1, 0.15) is 40.0 Å². The largest absolute Gasteiger partial charge is 0.500 e. The van der Waals surface area contributed by atoms with Gasteiger partial charge in [-0.1, -0.05) is 0 Å². The number of hydrogen-bond donors (Lipinski definition) is 2. The average molecular weight is 293 g/mol. The average Bonchev–Trinajstić information content (AvgIpc) is 2.28. The van der Waals surface area contributed by atoms with Gasteiger partial charge in [0.1, 0.15) is 0 Å². The van der Waals surface area contributed by atoms with Crippen LogP contribution in [0, 0.1) is 0 Å². The first-order chi connectivity index (χ1) is 8.99. The Labute approximate surface area is 116 Å². The van der Waals surface area contributed by atoms with Crippen molar-refractivity contribution >= 4 is 14.8 Å². The van der Waals surface area contributed by atoms with Crippen LogP contribution in [0.15, 0.2) is 0 Å². The van der Waals surface area contributed by atoms with Crippen LogP contribution in [-0.2, 0) is 18.1 Å². The van der Waals surface area contributed by atoms with Crippen LogP contribution in [0.5, 0.6) is 0 Å². The van der Waals surface area contributed by atoms with E-state index >= 15 is 0 Å². The molecule has 0 aromatic heterocycles. The van der Waals surface area contributed by atoms with Gasteiger partial charge in [-0.25, -0.2) is 0 Å². The van der Waals surface area contributed by atoms with Gasteiger partial charge in [0.2, 0.25) is 0 Å². The fourth-order valence-corrected chi connectivity index (χ4v) is 4.55. The lowest BCUT2D eigenvalue weighted by Crippen LogP contribution is -2.46. The first kappa shape index (κ1) is 18.5. The first-order valence-corrected chi connectivity index (χ1v) is 8.82. The van der Waals surface area contributed by atoms with Gasteiger partial charge in [-0.05, 0) is 33.6 Å². The van der Waals surface area contributed by atoms with E-state index in [4.69, 9.17) is 24.1 Å². The molecule has 7 heteroatoms. The van der Waals surface area contributed by atoms with Crippen LogP contribution in [0.25, 0.3) is 0 Å². The minimum atomic E-state index is -2.61. The van der Waals surface area contributed by atoms with Crippen LogP contribution in [0.3, 0.4) is 0 Å². The van der Waals surface area contributed by atoms with E-state index in [2.05, 4.69) is 0 Å². The molecule has 3 N–H and O–H groups in total. The van der Waals surface area contributed by atoms with Crippen molar-refractivity contribution < 1.29 is 23.2 Å². The Morgan fingerprint density at radius 1 is 1.16 bits per heavy atom. The van der Waals surface area contributed by atoms with Gasteiger partial charge in [0.25, 0.3) is 0 Å². The van der Waals surface area contributed by atoms with Crippen molar-refractivity contribution in [1.29, 1.82) is 0 Å². The Kier molecular flexibility index (Phi) is 10.1. The molecule has 1 atom stereocenters. The summed E-state index contributed by atoms with van der Waals surface area (Å²) in [5.41, 5.74) is 5.74. The van der Waals surface area contributed by atoms with Gasteiger partial charge >= 0.3 is 14.8 Å². The monoisotopic (exact) mass is 293 g/mol. The van der Waals surface area contributed by atoms with Gasteiger partial charge < -0.3 is 24.1 Å². The molecule has 19 heavy (non-hydrogen) atoms. The molecule has 6 nitrogen and oxygen atoms in total. The molecular weight excluding hydrogens is 266 g/mol. The van der Waals surface area contributed by atoms with E-state index in [1.54, 1.807) is 0 Å². The second-order valence-electron chi connectivity index (χ2n) is 4.23. The number of carboxylic acids is 1. The molecule has 0 aromatic carbocycles. The number of carboxylic acid groups (broad SMARTS) is 1. The molecule has 114 valence electrons. The topological polar surface area (TPSA) is 91.0 Å². The Bertz CT molecular complexity index is 235. The fraction of sp³-hybridized carbons (Fsp3) is 0.917. The third-order valence-corrected chi connectivity index (χ3v) is 5.74. The Balaban J connectivity index is 4.26. The van der Waals surface area contributed by atoms with Crippen LogP contribution in [-0.4, -0.2) is 45.7 Å². The predicted molar refractivity (Wildman–Crippen MR) is 74.9 cm³/mol. The lowest BCUT2D eigenvalue weighted by Gasteiger charge is -2.28. The molecular formula is C12H27NO5Si. The summed E-state index contributed by atoms with van der Waals surface area (Å²) in [7, 11) is -2.61. The smallest absolute Gasteiger partial charge is 0.481 e. The molecule has 0 aliphatic rings. The number of rotatable bonds is 12. The van der Waals surface area contributed by atoms with Crippen LogP contribution >= 0.6 is 0 Å². The maximum absolute atomic E-state index is 10.5. The second kappa shape index (κ2) is 10.3. The summed E-state index contributed by atoms with van der Waals surface area (Å²) in [6, 6.07) is 0.352. The Morgan fingerprint density at radius 2 is 1.63 bits per heavy atom. The fourth-order valence-electron chi connectivity index (χ4n) is 1.91. The summed E-state index contributed by atoms with van der Waals surface area (Å²) in [6.45, 7) is 7.38. The third-order valence-electron chi connectivity index (χ3n) is 2.59. The molecule has 0 aliphatic heterocycles. The molecule has 0 amide bonds. The van der Waals surface area contributed by atoms with Crippen molar-refractivity contribution in [2.45, 2.75) is 52.1 Å². The van der Waals surface area contributed by atoms with E-state index in [1.165, 1.54) is 0 Å². The van der Waals surface area contributed by atoms with Gasteiger partial charge in [-0.15, -0.1) is 0 Å². The minimum absolute atomic E-state index is 0.00748. The third kappa shape index (κ3) is 8.33. The molecule has 0 heterocycles. The number of nitrogens with two attached hydrogens (primary N) is 1. The lowest BCUT2D eigenvalue weighted by atomic mass is 10.1. The van der Waals surface area contributed by atoms with Crippen molar-refractivity contribution in [3.05, 3.63) is 0 Å². The van der Waals surface area contributed by atoms with E-state index in [9.17, 15) is 4.79 Å². The van der Waals surface area contributed by atoms with Crippen LogP contribution in [0.4, 0.5) is 0 Å². The zero-order chi connectivity index (χ0) is 14.7. The maximum Gasteiger partial charge on any atom is 0.500 e. The van der Waals surface area contributed by atoms with Crippen molar-refractivity contribution in [2.75, 3.05) is 19.8 Å². The van der Waals surface area contributed by atoms with Crippen molar-refractivity contribution in [2.24, 2.45) is 5.73 Å². The summed E-state index contributed by atoms with van der Waals surface area (Å²) in [6.07, 6.45) is 1.38. The van der Waals surface area contributed by atoms with Crippen LogP contribution < -0.4 is 5.73 Å². The maximum atomic E-state index is 10.5. The molecule has 0 radical (unpaired) electrons. The number of aliphatic carboxylic acids is 1. The molecule has 0 saturated heterocycles. The molecule has 0 bridgehead atoms.